The minimum absolute atomic E-state index is 0.164. The molecule has 0 aliphatic carbocycles. The lowest BCUT2D eigenvalue weighted by atomic mass is 9.99. The summed E-state index contributed by atoms with van der Waals surface area (Å²) in [7, 11) is 0. The third-order valence-corrected chi connectivity index (χ3v) is 4.36. The highest BCUT2D eigenvalue weighted by Crippen LogP contribution is 2.45. The highest BCUT2D eigenvalue weighted by Gasteiger charge is 2.33. The summed E-state index contributed by atoms with van der Waals surface area (Å²) in [6, 6.07) is 4.27. The summed E-state index contributed by atoms with van der Waals surface area (Å²) in [6.45, 7) is 9.15. The Kier molecular flexibility index (Phi) is 3.66. The van der Waals surface area contributed by atoms with Gasteiger partial charge in [0, 0.05) is 22.4 Å². The molecule has 1 aromatic carbocycles. The molecule has 0 atom stereocenters. The van der Waals surface area contributed by atoms with E-state index in [0.717, 1.165) is 35.6 Å². The third kappa shape index (κ3) is 2.77. The van der Waals surface area contributed by atoms with Crippen molar-refractivity contribution in [3.05, 3.63) is 28.1 Å². The summed E-state index contributed by atoms with van der Waals surface area (Å²) in [6.07, 6.45) is 1.89. The standard InChI is InChI=1S/C17H21NO2S/c1-5-6-19-14-8-12(15-11(2)21-10-18-15)7-13-9-17(3,4)20-16(13)14/h7-8,10H,5-6,9H2,1-4H3. The molecule has 112 valence electrons. The van der Waals surface area contributed by atoms with Gasteiger partial charge in [0.1, 0.15) is 5.60 Å². The van der Waals surface area contributed by atoms with Crippen molar-refractivity contribution in [2.45, 2.75) is 46.1 Å². The molecule has 0 N–H and O–H groups in total. The van der Waals surface area contributed by atoms with Crippen LogP contribution in [-0.4, -0.2) is 17.2 Å². The molecule has 4 heteroatoms. The zero-order chi connectivity index (χ0) is 15.0. The maximum absolute atomic E-state index is 6.08. The molecule has 0 fully saturated rings. The molecule has 0 unspecified atom stereocenters. The van der Waals surface area contributed by atoms with E-state index in [2.05, 4.69) is 44.8 Å². The molecule has 1 aliphatic heterocycles. The average Bonchev–Trinajstić information content (AvgIpc) is 2.97. The predicted molar refractivity (Wildman–Crippen MR) is 86.5 cm³/mol. The minimum atomic E-state index is -0.164. The van der Waals surface area contributed by atoms with Gasteiger partial charge in [-0.1, -0.05) is 6.92 Å². The van der Waals surface area contributed by atoms with Crippen LogP contribution in [-0.2, 0) is 6.42 Å². The number of nitrogens with zero attached hydrogens (tertiary/aromatic N) is 1. The monoisotopic (exact) mass is 303 g/mol. The zero-order valence-corrected chi connectivity index (χ0v) is 13.8. The van der Waals surface area contributed by atoms with Gasteiger partial charge in [0.15, 0.2) is 11.5 Å². The summed E-state index contributed by atoms with van der Waals surface area (Å²) < 4.78 is 12.0. The first-order valence-electron chi connectivity index (χ1n) is 7.39. The second-order valence-electron chi connectivity index (χ2n) is 6.11. The summed E-state index contributed by atoms with van der Waals surface area (Å²) >= 11 is 1.67. The van der Waals surface area contributed by atoms with E-state index in [4.69, 9.17) is 9.47 Å². The van der Waals surface area contributed by atoms with Gasteiger partial charge >= 0.3 is 0 Å². The van der Waals surface area contributed by atoms with E-state index in [0.29, 0.717) is 6.61 Å². The molecular weight excluding hydrogens is 282 g/mol. The fourth-order valence-corrected chi connectivity index (χ4v) is 3.32. The molecule has 0 amide bonds. The number of ether oxygens (including phenoxy) is 2. The number of thiazole rings is 1. The van der Waals surface area contributed by atoms with E-state index in [1.54, 1.807) is 11.3 Å². The van der Waals surface area contributed by atoms with E-state index in [9.17, 15) is 0 Å². The van der Waals surface area contributed by atoms with Crippen LogP contribution < -0.4 is 9.47 Å². The quantitative estimate of drug-likeness (QED) is 0.826. The Hall–Kier alpha value is -1.55. The van der Waals surface area contributed by atoms with Gasteiger partial charge in [-0.25, -0.2) is 4.98 Å². The summed E-state index contributed by atoms with van der Waals surface area (Å²) in [5.41, 5.74) is 5.12. The van der Waals surface area contributed by atoms with Crippen LogP contribution in [0.25, 0.3) is 11.3 Å². The van der Waals surface area contributed by atoms with E-state index in [1.165, 1.54) is 10.4 Å². The van der Waals surface area contributed by atoms with Gasteiger partial charge in [0.05, 0.1) is 17.8 Å². The van der Waals surface area contributed by atoms with Crippen molar-refractivity contribution in [1.82, 2.24) is 4.98 Å². The fourth-order valence-electron chi connectivity index (χ4n) is 2.72. The molecule has 0 radical (unpaired) electrons. The van der Waals surface area contributed by atoms with Gasteiger partial charge in [-0.3, -0.25) is 0 Å². The summed E-state index contributed by atoms with van der Waals surface area (Å²) in [5.74, 6) is 1.76. The lowest BCUT2D eigenvalue weighted by molar-refractivity contribution is 0.132. The molecule has 1 aromatic heterocycles. The Morgan fingerprint density at radius 3 is 2.86 bits per heavy atom. The SMILES string of the molecule is CCCOc1cc(-c2ncsc2C)cc2c1OC(C)(C)C2. The number of benzene rings is 1. The Morgan fingerprint density at radius 1 is 1.38 bits per heavy atom. The molecular formula is C17H21NO2S. The van der Waals surface area contributed by atoms with Crippen LogP contribution >= 0.6 is 11.3 Å². The van der Waals surface area contributed by atoms with Crippen LogP contribution in [0.15, 0.2) is 17.6 Å². The zero-order valence-electron chi connectivity index (χ0n) is 13.0. The van der Waals surface area contributed by atoms with Crippen LogP contribution in [0, 0.1) is 6.92 Å². The first-order chi connectivity index (χ1) is 10.00. The highest BCUT2D eigenvalue weighted by atomic mass is 32.1. The Labute approximate surface area is 129 Å². The summed E-state index contributed by atoms with van der Waals surface area (Å²) in [5, 5.41) is 0. The Morgan fingerprint density at radius 2 is 2.19 bits per heavy atom. The van der Waals surface area contributed by atoms with Crippen LogP contribution in [0.2, 0.25) is 0 Å². The number of fused-ring (bicyclic) bond motifs is 1. The van der Waals surface area contributed by atoms with E-state index in [1.807, 2.05) is 5.51 Å². The van der Waals surface area contributed by atoms with Crippen LogP contribution in [0.5, 0.6) is 11.5 Å². The van der Waals surface area contributed by atoms with Gasteiger partial charge < -0.3 is 9.47 Å². The number of hydrogen-bond donors (Lipinski definition) is 0. The molecule has 0 spiro atoms. The molecule has 3 nitrogen and oxygen atoms in total. The van der Waals surface area contributed by atoms with Crippen LogP contribution in [0.3, 0.4) is 0 Å². The molecule has 0 bridgehead atoms. The van der Waals surface area contributed by atoms with Crippen molar-refractivity contribution in [3.8, 4) is 22.8 Å². The normalized spacial score (nSPS) is 15.6. The van der Waals surface area contributed by atoms with Crippen molar-refractivity contribution in [1.29, 1.82) is 0 Å². The first-order valence-corrected chi connectivity index (χ1v) is 8.27. The molecule has 1 aliphatic rings. The van der Waals surface area contributed by atoms with Crippen LogP contribution in [0.1, 0.15) is 37.6 Å². The number of hydrogen-bond acceptors (Lipinski definition) is 4. The van der Waals surface area contributed by atoms with E-state index in [-0.39, 0.29) is 5.60 Å². The Balaban J connectivity index is 2.07. The topological polar surface area (TPSA) is 31.4 Å². The van der Waals surface area contributed by atoms with Gasteiger partial charge in [0.25, 0.3) is 0 Å². The second kappa shape index (κ2) is 5.34. The largest absolute Gasteiger partial charge is 0.490 e. The molecule has 2 aromatic rings. The van der Waals surface area contributed by atoms with Crippen molar-refractivity contribution in [3.63, 3.8) is 0 Å². The maximum atomic E-state index is 6.08. The maximum Gasteiger partial charge on any atom is 0.165 e. The predicted octanol–water partition coefficient (Wildman–Crippen LogP) is 4.62. The van der Waals surface area contributed by atoms with Gasteiger partial charge in [-0.2, -0.15) is 0 Å². The second-order valence-corrected chi connectivity index (χ2v) is 7.17. The van der Waals surface area contributed by atoms with E-state index < -0.39 is 0 Å². The molecule has 0 saturated heterocycles. The third-order valence-electron chi connectivity index (χ3n) is 3.61. The smallest absolute Gasteiger partial charge is 0.165 e. The first kappa shape index (κ1) is 14.4. The Bertz CT molecular complexity index is 661. The fraction of sp³-hybridized carbons (Fsp3) is 0.471. The minimum Gasteiger partial charge on any atom is -0.490 e. The highest BCUT2D eigenvalue weighted by molar-refractivity contribution is 7.10. The molecule has 21 heavy (non-hydrogen) atoms. The molecule has 2 heterocycles. The number of aromatic nitrogens is 1. The number of rotatable bonds is 4. The van der Waals surface area contributed by atoms with Gasteiger partial charge in [0.2, 0.25) is 0 Å². The molecule has 0 saturated carbocycles. The lowest BCUT2D eigenvalue weighted by Gasteiger charge is -2.18. The van der Waals surface area contributed by atoms with E-state index >= 15 is 0 Å². The van der Waals surface area contributed by atoms with Gasteiger partial charge in [-0.05, 0) is 39.3 Å². The van der Waals surface area contributed by atoms with Crippen molar-refractivity contribution in [2.75, 3.05) is 6.61 Å². The van der Waals surface area contributed by atoms with Crippen molar-refractivity contribution < 1.29 is 9.47 Å². The average molecular weight is 303 g/mol. The molecule has 3 rings (SSSR count). The number of aryl methyl sites for hydroxylation is 1. The summed E-state index contributed by atoms with van der Waals surface area (Å²) in [4.78, 5) is 5.72. The van der Waals surface area contributed by atoms with Crippen LogP contribution in [0.4, 0.5) is 0 Å². The van der Waals surface area contributed by atoms with Gasteiger partial charge in [-0.15, -0.1) is 11.3 Å². The lowest BCUT2D eigenvalue weighted by Crippen LogP contribution is -2.24. The van der Waals surface area contributed by atoms with Crippen molar-refractivity contribution in [2.24, 2.45) is 0 Å². The van der Waals surface area contributed by atoms with Crippen molar-refractivity contribution >= 4 is 11.3 Å².